The van der Waals surface area contributed by atoms with Crippen molar-refractivity contribution >= 4 is 18.5 Å². The van der Waals surface area contributed by atoms with Crippen LogP contribution in [0.15, 0.2) is 109 Å². The Kier molecular flexibility index (Phi) is 9.85. The van der Waals surface area contributed by atoms with Crippen LogP contribution in [0, 0.1) is 5.92 Å². The number of nitrogens with zero attached hydrogens (tertiary/aromatic N) is 1. The summed E-state index contributed by atoms with van der Waals surface area (Å²) < 4.78 is 0. The fourth-order valence-electron chi connectivity index (χ4n) is 3.43. The number of allylic oxidation sites excluding steroid dienone is 6. The Morgan fingerprint density at radius 1 is 0.828 bits per heavy atom. The van der Waals surface area contributed by atoms with Gasteiger partial charge in [0.1, 0.15) is 0 Å². The van der Waals surface area contributed by atoms with Crippen LogP contribution in [0.5, 0.6) is 0 Å². The Bertz CT molecular complexity index is 803. The molecule has 2 atom stereocenters. The maximum absolute atomic E-state index is 2.36. The molecule has 2 aliphatic rings. The summed E-state index contributed by atoms with van der Waals surface area (Å²) in [6.45, 7) is 2.32. The average Bonchev–Trinajstić information content (AvgIpc) is 3.45. The second-order valence-corrected chi connectivity index (χ2v) is 9.52. The van der Waals surface area contributed by atoms with E-state index in [0.29, 0.717) is 12.0 Å². The van der Waals surface area contributed by atoms with Gasteiger partial charge in [-0.2, -0.15) is 0 Å². The van der Waals surface area contributed by atoms with E-state index in [0.717, 1.165) is 6.42 Å². The third-order valence-corrected chi connectivity index (χ3v) is 7.80. The maximum atomic E-state index is 2.36. The van der Waals surface area contributed by atoms with Gasteiger partial charge in [0.2, 0.25) is 0 Å². The van der Waals surface area contributed by atoms with Crippen LogP contribution >= 0.6 is 7.92 Å². The monoisotopic (exact) mass is 443 g/mol. The molecule has 1 nitrogen and oxygen atoms in total. The molecule has 1 unspecified atom stereocenters. The van der Waals surface area contributed by atoms with Gasteiger partial charge in [-0.25, -0.2) is 0 Å². The predicted molar refractivity (Wildman–Crippen MR) is 126 cm³/mol. The summed E-state index contributed by atoms with van der Waals surface area (Å²) in [4.78, 5) is 2.32. The zero-order valence-corrected chi connectivity index (χ0v) is 19.4. The van der Waals surface area contributed by atoms with Crippen molar-refractivity contribution in [2.45, 2.75) is 19.4 Å². The molecular weight excluding hydrogens is 413 g/mol. The van der Waals surface area contributed by atoms with Gasteiger partial charge in [0.15, 0.2) is 0 Å². The number of hydrogen-bond donors (Lipinski definition) is 0. The van der Waals surface area contributed by atoms with E-state index in [2.05, 4.69) is 129 Å². The van der Waals surface area contributed by atoms with Gasteiger partial charge in [-0.1, -0.05) is 103 Å². The molecule has 0 heterocycles. The van der Waals surface area contributed by atoms with E-state index < -0.39 is 7.92 Å². The van der Waals surface area contributed by atoms with E-state index in [1.165, 1.54) is 10.6 Å². The normalized spacial score (nSPS) is 17.7. The minimum Gasteiger partial charge on any atom is -0.306 e. The van der Waals surface area contributed by atoms with Gasteiger partial charge in [0.25, 0.3) is 0 Å². The molecule has 0 saturated heterocycles. The van der Waals surface area contributed by atoms with E-state index in [9.17, 15) is 0 Å². The van der Waals surface area contributed by atoms with Gasteiger partial charge in [-0.05, 0) is 51.3 Å². The zero-order chi connectivity index (χ0) is 19.8. The van der Waals surface area contributed by atoms with Crippen LogP contribution < -0.4 is 10.6 Å². The third-order valence-electron chi connectivity index (χ3n) is 5.20. The number of rotatable bonds is 5. The summed E-state index contributed by atoms with van der Waals surface area (Å²) in [5, 5.41) is 4.41. The quantitative estimate of drug-likeness (QED) is 0.427. The molecule has 29 heavy (non-hydrogen) atoms. The van der Waals surface area contributed by atoms with Crippen LogP contribution in [0.4, 0.5) is 0 Å². The van der Waals surface area contributed by atoms with Crippen LogP contribution in [0.3, 0.4) is 0 Å². The van der Waals surface area contributed by atoms with Crippen LogP contribution in [0.25, 0.3) is 0 Å². The van der Waals surface area contributed by atoms with Crippen LogP contribution in [-0.4, -0.2) is 25.0 Å². The molecule has 0 spiro atoms. The number of benzene rings is 2. The molecule has 0 aromatic heterocycles. The molecule has 0 saturated carbocycles. The molecule has 2 aromatic rings. The van der Waals surface area contributed by atoms with Crippen molar-refractivity contribution in [3.8, 4) is 0 Å². The third kappa shape index (κ3) is 6.39. The summed E-state index contributed by atoms with van der Waals surface area (Å²) in [7, 11) is 3.86. The van der Waals surface area contributed by atoms with Crippen molar-refractivity contribution in [1.29, 1.82) is 0 Å². The molecule has 0 N–H and O–H groups in total. The number of hydrogen-bond acceptors (Lipinski definition) is 1. The molecule has 2 aliphatic carbocycles. The summed E-state index contributed by atoms with van der Waals surface area (Å²) in [5.41, 5.74) is 0. The van der Waals surface area contributed by atoms with E-state index >= 15 is 0 Å². The largest absolute Gasteiger partial charge is 0.306 e. The van der Waals surface area contributed by atoms with Crippen molar-refractivity contribution in [3.05, 3.63) is 109 Å². The molecule has 0 bridgehead atoms. The molecule has 4 rings (SSSR count). The van der Waals surface area contributed by atoms with Crippen molar-refractivity contribution in [2.75, 3.05) is 14.1 Å². The predicted octanol–water partition coefficient (Wildman–Crippen LogP) is 5.64. The fourth-order valence-corrected chi connectivity index (χ4v) is 6.10. The first-order valence-corrected chi connectivity index (χ1v) is 11.3. The summed E-state index contributed by atoms with van der Waals surface area (Å²) in [6, 6.07) is 22.4. The second kappa shape index (κ2) is 12.1. The van der Waals surface area contributed by atoms with Gasteiger partial charge in [0, 0.05) is 29.0 Å². The van der Waals surface area contributed by atoms with Crippen molar-refractivity contribution in [2.24, 2.45) is 5.92 Å². The maximum Gasteiger partial charge on any atom is 0.0185 e. The Morgan fingerprint density at radius 3 is 1.76 bits per heavy atom. The molecule has 0 amide bonds. The summed E-state index contributed by atoms with van der Waals surface area (Å²) in [6.07, 6.45) is 16.4. The van der Waals surface area contributed by atoms with Gasteiger partial charge in [0.05, 0.1) is 0 Å². The smallest absolute Gasteiger partial charge is 0.0185 e. The molecular formula is C26H30FeNP. The standard InChI is InChI=1S/C21H24NP.C5H6.Fe/c1-17(22(2)3)20-15-10-16-21(20)23(18-11-6-4-7-12-18)19-13-8-5-9-14-19;1-2-4-5-3-1;/h4-17,20H,1-3H3;1-4H,5H2;/t17-,20?;;/m0../s1. The Hall–Kier alpha value is -1.69. The van der Waals surface area contributed by atoms with E-state index in [4.69, 9.17) is 0 Å². The van der Waals surface area contributed by atoms with Crippen LogP contribution in [0.1, 0.15) is 13.3 Å². The first-order valence-electron chi connectivity index (χ1n) is 9.95. The molecule has 0 aliphatic heterocycles. The second-order valence-electron chi connectivity index (χ2n) is 7.30. The minimum absolute atomic E-state index is 0. The molecule has 152 valence electrons. The fraction of sp³-hybridized carbons (Fsp3) is 0.231. The Morgan fingerprint density at radius 2 is 1.34 bits per heavy atom. The van der Waals surface area contributed by atoms with Gasteiger partial charge >= 0.3 is 0 Å². The summed E-state index contributed by atoms with van der Waals surface area (Å²) >= 11 is 0. The topological polar surface area (TPSA) is 3.24 Å². The molecule has 2 aromatic carbocycles. The minimum atomic E-state index is -0.477. The molecule has 0 radical (unpaired) electrons. The van der Waals surface area contributed by atoms with Gasteiger partial charge in [-0.3, -0.25) is 0 Å². The first kappa shape index (κ1) is 23.6. The molecule has 0 fully saturated rings. The van der Waals surface area contributed by atoms with Gasteiger partial charge in [-0.15, -0.1) is 0 Å². The van der Waals surface area contributed by atoms with Gasteiger partial charge < -0.3 is 4.90 Å². The van der Waals surface area contributed by atoms with E-state index in [-0.39, 0.29) is 17.1 Å². The zero-order valence-electron chi connectivity index (χ0n) is 17.4. The Labute approximate surface area is 188 Å². The van der Waals surface area contributed by atoms with Crippen LogP contribution in [-0.2, 0) is 17.1 Å². The molecule has 3 heteroatoms. The van der Waals surface area contributed by atoms with E-state index in [1.807, 2.05) is 0 Å². The summed E-state index contributed by atoms with van der Waals surface area (Å²) in [5.74, 6) is 0.483. The Balaban J connectivity index is 0.000000437. The first-order chi connectivity index (χ1) is 13.7. The average molecular weight is 443 g/mol. The van der Waals surface area contributed by atoms with Crippen molar-refractivity contribution in [3.63, 3.8) is 0 Å². The van der Waals surface area contributed by atoms with Crippen molar-refractivity contribution in [1.82, 2.24) is 4.90 Å². The SMILES string of the molecule is C1=CCC=C1.C[C@@H](C1C=CC=C1P(c1ccccc1)c1ccccc1)N(C)C.[Fe]. The van der Waals surface area contributed by atoms with Crippen molar-refractivity contribution < 1.29 is 17.1 Å². The van der Waals surface area contributed by atoms with Crippen LogP contribution in [0.2, 0.25) is 0 Å². The van der Waals surface area contributed by atoms with E-state index in [1.54, 1.807) is 5.31 Å².